The van der Waals surface area contributed by atoms with Gasteiger partial charge in [0.2, 0.25) is 0 Å². The number of rotatable bonds is 0. The molecule has 0 amide bonds. The van der Waals surface area contributed by atoms with E-state index >= 15 is 0 Å². The maximum atomic E-state index is 5.57. The predicted molar refractivity (Wildman–Crippen MR) is 75.9 cm³/mol. The van der Waals surface area contributed by atoms with E-state index in [4.69, 9.17) is 4.42 Å². The monoisotopic (exact) mass is 247 g/mol. The molecule has 92 valence electrons. The third kappa shape index (κ3) is 2.36. The molecule has 0 saturated heterocycles. The Kier molecular flexibility index (Phi) is 2.81. The highest BCUT2D eigenvalue weighted by Gasteiger charge is 2.01. The van der Waals surface area contributed by atoms with Crippen molar-refractivity contribution in [2.24, 2.45) is 0 Å². The molecular formula is C17H13NO. The van der Waals surface area contributed by atoms with Crippen molar-refractivity contribution < 1.29 is 4.42 Å². The van der Waals surface area contributed by atoms with Gasteiger partial charge in [-0.2, -0.15) is 0 Å². The zero-order chi connectivity index (χ0) is 13.2. The van der Waals surface area contributed by atoms with Crippen LogP contribution in [0.5, 0.6) is 0 Å². The third-order valence-electron chi connectivity index (χ3n) is 2.98. The Morgan fingerprint density at radius 2 is 1.84 bits per heavy atom. The van der Waals surface area contributed by atoms with E-state index in [9.17, 15) is 0 Å². The van der Waals surface area contributed by atoms with Crippen LogP contribution in [-0.2, 0) is 0 Å². The number of fused-ring (bicyclic) bond motifs is 1. The number of benzene rings is 2. The molecule has 1 heterocycles. The number of aryl methyl sites for hydroxylation is 2. The lowest BCUT2D eigenvalue weighted by Crippen LogP contribution is -1.83. The standard InChI is InChI=1S/C17H13NO/c1-12-7-8-14(13(2)11-12)9-10-17-18-15-5-3-4-6-16(15)19-17/h3-8,11H,1-2H3. The minimum absolute atomic E-state index is 0.459. The van der Waals surface area contributed by atoms with Gasteiger partial charge in [-0.05, 0) is 43.5 Å². The van der Waals surface area contributed by atoms with Gasteiger partial charge in [-0.1, -0.05) is 35.7 Å². The van der Waals surface area contributed by atoms with E-state index < -0.39 is 0 Å². The first kappa shape index (κ1) is 11.6. The highest BCUT2D eigenvalue weighted by Crippen LogP contribution is 2.14. The number of hydrogen-bond donors (Lipinski definition) is 0. The number of aromatic nitrogens is 1. The van der Waals surface area contributed by atoms with Crippen LogP contribution in [0.25, 0.3) is 11.1 Å². The topological polar surface area (TPSA) is 26.0 Å². The fraction of sp³-hybridized carbons (Fsp3) is 0.118. The van der Waals surface area contributed by atoms with Crippen molar-refractivity contribution in [3.63, 3.8) is 0 Å². The number of nitrogens with zero attached hydrogens (tertiary/aromatic N) is 1. The lowest BCUT2D eigenvalue weighted by atomic mass is 10.1. The lowest BCUT2D eigenvalue weighted by molar-refractivity contribution is 0.586. The minimum atomic E-state index is 0.459. The Balaban J connectivity index is 1.99. The Morgan fingerprint density at radius 3 is 2.63 bits per heavy atom. The highest BCUT2D eigenvalue weighted by atomic mass is 16.3. The van der Waals surface area contributed by atoms with Crippen LogP contribution in [-0.4, -0.2) is 4.98 Å². The summed E-state index contributed by atoms with van der Waals surface area (Å²) >= 11 is 0. The van der Waals surface area contributed by atoms with Crippen LogP contribution in [0.2, 0.25) is 0 Å². The molecule has 0 unspecified atom stereocenters. The molecule has 3 rings (SSSR count). The highest BCUT2D eigenvalue weighted by molar-refractivity contribution is 5.72. The average Bonchev–Trinajstić information content (AvgIpc) is 2.80. The summed E-state index contributed by atoms with van der Waals surface area (Å²) in [4.78, 5) is 4.33. The lowest BCUT2D eigenvalue weighted by Gasteiger charge is -1.98. The van der Waals surface area contributed by atoms with Gasteiger partial charge in [-0.15, -0.1) is 0 Å². The van der Waals surface area contributed by atoms with E-state index in [-0.39, 0.29) is 0 Å². The van der Waals surface area contributed by atoms with Crippen molar-refractivity contribution in [1.29, 1.82) is 0 Å². The van der Waals surface area contributed by atoms with E-state index in [0.29, 0.717) is 5.89 Å². The molecule has 3 aromatic rings. The number of para-hydroxylation sites is 2. The van der Waals surface area contributed by atoms with Crippen molar-refractivity contribution in [3.8, 4) is 11.8 Å². The second-order valence-electron chi connectivity index (χ2n) is 4.56. The van der Waals surface area contributed by atoms with Crippen LogP contribution in [0.4, 0.5) is 0 Å². The van der Waals surface area contributed by atoms with Crippen molar-refractivity contribution >= 4 is 11.1 Å². The molecule has 0 spiro atoms. The van der Waals surface area contributed by atoms with Crippen LogP contribution in [0.3, 0.4) is 0 Å². The summed E-state index contributed by atoms with van der Waals surface area (Å²) < 4.78 is 5.57. The van der Waals surface area contributed by atoms with Gasteiger partial charge in [-0.3, -0.25) is 0 Å². The molecule has 2 nitrogen and oxygen atoms in total. The normalized spacial score (nSPS) is 10.2. The van der Waals surface area contributed by atoms with Gasteiger partial charge < -0.3 is 4.42 Å². The Morgan fingerprint density at radius 1 is 1.00 bits per heavy atom. The summed E-state index contributed by atoms with van der Waals surface area (Å²) in [5.74, 6) is 6.55. The molecule has 0 aliphatic carbocycles. The SMILES string of the molecule is Cc1ccc(C#Cc2nc3ccccc3o2)c(C)c1. The average molecular weight is 247 g/mol. The van der Waals surface area contributed by atoms with Crippen molar-refractivity contribution in [2.45, 2.75) is 13.8 Å². The van der Waals surface area contributed by atoms with Crippen LogP contribution in [0, 0.1) is 25.7 Å². The van der Waals surface area contributed by atoms with Gasteiger partial charge in [0.15, 0.2) is 5.58 Å². The maximum absolute atomic E-state index is 5.57. The zero-order valence-corrected chi connectivity index (χ0v) is 10.9. The summed E-state index contributed by atoms with van der Waals surface area (Å²) in [5, 5.41) is 0. The quantitative estimate of drug-likeness (QED) is 0.564. The van der Waals surface area contributed by atoms with Crippen LogP contribution < -0.4 is 0 Å². The molecule has 0 fully saturated rings. The van der Waals surface area contributed by atoms with E-state index in [0.717, 1.165) is 16.7 Å². The molecule has 2 heteroatoms. The molecular weight excluding hydrogens is 234 g/mol. The molecule has 0 atom stereocenters. The fourth-order valence-electron chi connectivity index (χ4n) is 2.00. The number of hydrogen-bond acceptors (Lipinski definition) is 2. The number of oxazole rings is 1. The largest absolute Gasteiger partial charge is 0.430 e. The zero-order valence-electron chi connectivity index (χ0n) is 10.9. The predicted octanol–water partition coefficient (Wildman–Crippen LogP) is 3.84. The summed E-state index contributed by atoms with van der Waals surface area (Å²) in [6.07, 6.45) is 0. The van der Waals surface area contributed by atoms with E-state index in [1.165, 1.54) is 11.1 Å². The second kappa shape index (κ2) is 4.62. The van der Waals surface area contributed by atoms with Crippen LogP contribution in [0.15, 0.2) is 46.9 Å². The minimum Gasteiger partial charge on any atom is -0.430 e. The van der Waals surface area contributed by atoms with Crippen molar-refractivity contribution in [3.05, 3.63) is 65.0 Å². The Labute approximate surface area is 112 Å². The summed E-state index contributed by atoms with van der Waals surface area (Å²) in [6, 6.07) is 13.9. The van der Waals surface area contributed by atoms with Gasteiger partial charge in [0.1, 0.15) is 5.52 Å². The second-order valence-corrected chi connectivity index (χ2v) is 4.56. The van der Waals surface area contributed by atoms with E-state index in [2.05, 4.69) is 42.8 Å². The Bertz CT molecular complexity index is 770. The molecule has 0 bridgehead atoms. The molecule has 19 heavy (non-hydrogen) atoms. The first-order valence-corrected chi connectivity index (χ1v) is 6.17. The van der Waals surface area contributed by atoms with Gasteiger partial charge >= 0.3 is 0 Å². The molecule has 2 aromatic carbocycles. The molecule has 1 aromatic heterocycles. The smallest absolute Gasteiger partial charge is 0.274 e. The summed E-state index contributed by atoms with van der Waals surface area (Å²) in [7, 11) is 0. The first-order valence-electron chi connectivity index (χ1n) is 6.17. The third-order valence-corrected chi connectivity index (χ3v) is 2.98. The van der Waals surface area contributed by atoms with E-state index in [1.54, 1.807) is 0 Å². The Hall–Kier alpha value is -2.53. The van der Waals surface area contributed by atoms with Gasteiger partial charge in [0, 0.05) is 5.56 Å². The molecule has 0 radical (unpaired) electrons. The molecule has 0 aliphatic rings. The fourth-order valence-corrected chi connectivity index (χ4v) is 2.00. The first-order chi connectivity index (χ1) is 9.22. The van der Waals surface area contributed by atoms with Gasteiger partial charge in [0.05, 0.1) is 0 Å². The van der Waals surface area contributed by atoms with Crippen molar-refractivity contribution in [2.75, 3.05) is 0 Å². The van der Waals surface area contributed by atoms with Crippen LogP contribution >= 0.6 is 0 Å². The summed E-state index contributed by atoms with van der Waals surface area (Å²) in [5.41, 5.74) is 5.03. The molecule has 0 saturated carbocycles. The van der Waals surface area contributed by atoms with Gasteiger partial charge in [0.25, 0.3) is 5.89 Å². The molecule has 0 N–H and O–H groups in total. The molecule has 0 aliphatic heterocycles. The van der Waals surface area contributed by atoms with Gasteiger partial charge in [-0.25, -0.2) is 4.98 Å². The summed E-state index contributed by atoms with van der Waals surface area (Å²) in [6.45, 7) is 4.13. The van der Waals surface area contributed by atoms with Crippen molar-refractivity contribution in [1.82, 2.24) is 4.98 Å². The maximum Gasteiger partial charge on any atom is 0.274 e. The van der Waals surface area contributed by atoms with E-state index in [1.807, 2.05) is 30.3 Å². The van der Waals surface area contributed by atoms with Crippen LogP contribution in [0.1, 0.15) is 22.6 Å².